The number of nitrogens with one attached hydrogen (secondary N) is 2. The number of nitrogens with zero attached hydrogens (tertiary/aromatic N) is 1. The summed E-state index contributed by atoms with van der Waals surface area (Å²) in [4.78, 5) is 12.2. The third-order valence-corrected chi connectivity index (χ3v) is 5.52. The molecule has 0 aromatic carbocycles. The summed E-state index contributed by atoms with van der Waals surface area (Å²) in [6, 6.07) is -1.02. The fourth-order valence-corrected chi connectivity index (χ4v) is 3.86. The van der Waals surface area contributed by atoms with Crippen LogP contribution in [0, 0.1) is 6.92 Å². The fraction of sp³-hybridized carbons (Fsp3) is 0.643. The summed E-state index contributed by atoms with van der Waals surface area (Å²) >= 11 is 0. The van der Waals surface area contributed by atoms with Crippen LogP contribution >= 0.6 is 0 Å². The van der Waals surface area contributed by atoms with Gasteiger partial charge in [0.2, 0.25) is 15.8 Å². The molecule has 1 aliphatic heterocycles. The number of carbonyl (C=O) groups is 1. The molecule has 1 aliphatic rings. The Morgan fingerprint density at radius 3 is 2.58 bits per heavy atom. The van der Waals surface area contributed by atoms with E-state index in [1.165, 1.54) is 11.8 Å². The second-order valence-electron chi connectivity index (χ2n) is 5.72. The van der Waals surface area contributed by atoms with Crippen LogP contribution in [-0.2, 0) is 14.8 Å². The number of methoxy groups -OCH3 is 1. The molecule has 0 saturated carbocycles. The summed E-state index contributed by atoms with van der Waals surface area (Å²) in [6.07, 6.45) is -4.59. The van der Waals surface area contributed by atoms with Gasteiger partial charge in [0.05, 0.1) is 7.11 Å². The van der Waals surface area contributed by atoms with Crippen molar-refractivity contribution in [2.24, 2.45) is 0 Å². The fourth-order valence-electron chi connectivity index (χ4n) is 2.65. The van der Waals surface area contributed by atoms with Crippen LogP contribution in [0.3, 0.4) is 0 Å². The zero-order valence-electron chi connectivity index (χ0n) is 14.2. The van der Waals surface area contributed by atoms with Crippen molar-refractivity contribution in [1.29, 1.82) is 0 Å². The number of rotatable bonds is 6. The second-order valence-corrected chi connectivity index (χ2v) is 7.45. The molecule has 1 aromatic rings. The molecule has 2 heterocycles. The molecule has 1 unspecified atom stereocenters. The number of esters is 1. The molecule has 1 atom stereocenters. The van der Waals surface area contributed by atoms with Crippen LogP contribution in [0.1, 0.15) is 16.3 Å². The first-order chi connectivity index (χ1) is 12.1. The first-order valence-electron chi connectivity index (χ1n) is 7.76. The minimum absolute atomic E-state index is 0.122. The van der Waals surface area contributed by atoms with Gasteiger partial charge in [-0.15, -0.1) is 0 Å². The number of halogens is 3. The highest BCUT2D eigenvalue weighted by Crippen LogP contribution is 2.26. The zero-order valence-corrected chi connectivity index (χ0v) is 15.0. The predicted octanol–water partition coefficient (Wildman–Crippen LogP) is 0.489. The molecular formula is C14H20F3N3O5S. The molecular weight excluding hydrogens is 379 g/mol. The Morgan fingerprint density at radius 1 is 1.42 bits per heavy atom. The summed E-state index contributed by atoms with van der Waals surface area (Å²) in [5, 5.41) is 2.94. The molecule has 0 spiro atoms. The third kappa shape index (κ3) is 4.75. The van der Waals surface area contributed by atoms with Gasteiger partial charge in [-0.2, -0.15) is 13.2 Å². The summed E-state index contributed by atoms with van der Waals surface area (Å²) in [6.45, 7) is 1.54. The highest BCUT2D eigenvalue weighted by molar-refractivity contribution is 7.89. The number of hydrogen-bond acceptors (Lipinski definition) is 7. The maximum absolute atomic E-state index is 13.3. The summed E-state index contributed by atoms with van der Waals surface area (Å²) in [5.41, 5.74) is 0. The molecule has 1 aromatic heterocycles. The van der Waals surface area contributed by atoms with Crippen LogP contribution in [0.4, 0.5) is 13.2 Å². The molecule has 2 rings (SSSR count). The first kappa shape index (κ1) is 20.7. The molecule has 1 fully saturated rings. The zero-order chi connectivity index (χ0) is 19.5. The molecule has 8 nitrogen and oxygen atoms in total. The van der Waals surface area contributed by atoms with Crippen LogP contribution in [0.2, 0.25) is 0 Å². The Labute approximate surface area is 148 Å². The van der Waals surface area contributed by atoms with Crippen molar-refractivity contribution < 1.29 is 35.5 Å². The predicted molar refractivity (Wildman–Crippen MR) is 84.3 cm³/mol. The van der Waals surface area contributed by atoms with Gasteiger partial charge < -0.3 is 14.5 Å². The van der Waals surface area contributed by atoms with Crippen LogP contribution in [0.25, 0.3) is 0 Å². The topological polar surface area (TPSA) is 101 Å². The quantitative estimate of drug-likeness (QED) is 0.672. The molecule has 0 aliphatic carbocycles. The average molecular weight is 399 g/mol. The van der Waals surface area contributed by atoms with Crippen molar-refractivity contribution in [2.75, 3.05) is 39.8 Å². The van der Waals surface area contributed by atoms with Crippen molar-refractivity contribution in [3.63, 3.8) is 0 Å². The molecule has 0 radical (unpaired) electrons. The summed E-state index contributed by atoms with van der Waals surface area (Å²) in [7, 11) is -3.21. The highest BCUT2D eigenvalue weighted by Gasteiger charge is 2.44. The number of furan rings is 1. The third-order valence-electron chi connectivity index (χ3n) is 3.99. The lowest BCUT2D eigenvalue weighted by atomic mass is 10.2. The molecule has 2 N–H and O–H groups in total. The largest absolute Gasteiger partial charge is 0.463 e. The van der Waals surface area contributed by atoms with Crippen LogP contribution in [0.15, 0.2) is 15.4 Å². The number of sulfonamides is 1. The minimum atomic E-state index is -4.59. The smallest absolute Gasteiger partial charge is 0.405 e. The highest BCUT2D eigenvalue weighted by atomic mass is 32.2. The average Bonchev–Trinajstić information content (AvgIpc) is 2.96. The van der Waals surface area contributed by atoms with E-state index in [9.17, 15) is 26.4 Å². The molecule has 148 valence electrons. The van der Waals surface area contributed by atoms with Gasteiger partial charge in [0, 0.05) is 38.8 Å². The van der Waals surface area contributed by atoms with Gasteiger partial charge in [-0.05, 0) is 6.92 Å². The van der Waals surface area contributed by atoms with Gasteiger partial charge in [0.1, 0.15) is 16.7 Å². The van der Waals surface area contributed by atoms with Gasteiger partial charge in [-0.1, -0.05) is 0 Å². The van der Waals surface area contributed by atoms with E-state index in [0.717, 1.165) is 13.2 Å². The Hall–Kier alpha value is -1.63. The lowest BCUT2D eigenvalue weighted by Gasteiger charge is -2.35. The van der Waals surface area contributed by atoms with Crippen molar-refractivity contribution in [2.45, 2.75) is 24.0 Å². The van der Waals surface area contributed by atoms with E-state index < -0.39 is 39.7 Å². The van der Waals surface area contributed by atoms with Crippen LogP contribution in [0.5, 0.6) is 0 Å². The Balaban J connectivity index is 2.17. The van der Waals surface area contributed by atoms with Gasteiger partial charge in [-0.25, -0.2) is 17.9 Å². The minimum Gasteiger partial charge on any atom is -0.463 e. The van der Waals surface area contributed by atoms with Gasteiger partial charge in [0.15, 0.2) is 0 Å². The number of aryl methyl sites for hydroxylation is 1. The normalized spacial score (nSPS) is 17.9. The number of hydrogen-bond donors (Lipinski definition) is 2. The first-order valence-corrected chi connectivity index (χ1v) is 9.24. The standard InChI is InChI=1S/C14H20F3N3O5S/c1-9-11(7-10(25-9)13(21)24-2)26(22,23)19-8-12(14(15,16)17)20-5-3-18-4-6-20/h7,12,18-19H,3-6,8H2,1-2H3. The number of ether oxygens (including phenoxy) is 1. The van der Waals surface area contributed by atoms with E-state index in [1.54, 1.807) is 0 Å². The van der Waals surface area contributed by atoms with Crippen molar-refractivity contribution in [3.05, 3.63) is 17.6 Å². The molecule has 26 heavy (non-hydrogen) atoms. The Bertz CT molecular complexity index is 741. The van der Waals surface area contributed by atoms with E-state index in [4.69, 9.17) is 4.42 Å². The van der Waals surface area contributed by atoms with Crippen LogP contribution in [-0.4, -0.2) is 71.3 Å². The van der Waals surface area contributed by atoms with E-state index in [-0.39, 0.29) is 24.6 Å². The second kappa shape index (κ2) is 7.94. The molecule has 1 saturated heterocycles. The Morgan fingerprint density at radius 2 is 2.04 bits per heavy atom. The molecule has 12 heteroatoms. The maximum atomic E-state index is 13.3. The van der Waals surface area contributed by atoms with Gasteiger partial charge in [-0.3, -0.25) is 4.90 Å². The molecule has 0 amide bonds. The lowest BCUT2D eigenvalue weighted by Crippen LogP contribution is -2.57. The SMILES string of the molecule is COC(=O)c1cc(S(=O)(=O)NCC(N2CCNCC2)C(F)(F)F)c(C)o1. The number of carbonyl (C=O) groups excluding carboxylic acids is 1. The summed E-state index contributed by atoms with van der Waals surface area (Å²) in [5.74, 6) is -1.35. The number of alkyl halides is 3. The Kier molecular flexibility index (Phi) is 6.32. The van der Waals surface area contributed by atoms with Crippen molar-refractivity contribution in [1.82, 2.24) is 14.9 Å². The van der Waals surface area contributed by atoms with Gasteiger partial charge >= 0.3 is 12.1 Å². The van der Waals surface area contributed by atoms with E-state index in [1.807, 2.05) is 4.72 Å². The van der Waals surface area contributed by atoms with Crippen molar-refractivity contribution >= 4 is 16.0 Å². The van der Waals surface area contributed by atoms with E-state index in [2.05, 4.69) is 10.1 Å². The lowest BCUT2D eigenvalue weighted by molar-refractivity contribution is -0.182. The number of piperazine rings is 1. The monoisotopic (exact) mass is 399 g/mol. The van der Waals surface area contributed by atoms with Crippen LogP contribution < -0.4 is 10.0 Å². The van der Waals surface area contributed by atoms with E-state index >= 15 is 0 Å². The summed E-state index contributed by atoms with van der Waals surface area (Å²) < 4.78 is 76.2. The van der Waals surface area contributed by atoms with Crippen molar-refractivity contribution in [3.8, 4) is 0 Å². The molecule has 0 bridgehead atoms. The van der Waals surface area contributed by atoms with E-state index in [0.29, 0.717) is 13.1 Å². The maximum Gasteiger partial charge on any atom is 0.405 e. The van der Waals surface area contributed by atoms with Gasteiger partial charge in [0.25, 0.3) is 0 Å².